The molecule has 0 saturated heterocycles. The molecular formula is C12H19ClN2O2S. The number of nitrogens with zero attached hydrogens (tertiary/aromatic N) is 1. The second-order valence-electron chi connectivity index (χ2n) is 4.53. The lowest BCUT2D eigenvalue weighted by atomic mass is 9.79. The van der Waals surface area contributed by atoms with Crippen molar-refractivity contribution in [2.45, 2.75) is 19.8 Å². The lowest BCUT2D eigenvalue weighted by Gasteiger charge is -2.27. The summed E-state index contributed by atoms with van der Waals surface area (Å²) in [6, 6.07) is 0. The summed E-state index contributed by atoms with van der Waals surface area (Å²) in [5.74, 6) is 1.85. The van der Waals surface area contributed by atoms with E-state index in [2.05, 4.69) is 18.0 Å². The first-order valence-corrected chi connectivity index (χ1v) is 6.87. The number of ether oxygens (including phenoxy) is 2. The molecule has 0 aromatic rings. The molecule has 102 valence electrons. The van der Waals surface area contributed by atoms with Gasteiger partial charge in [0.2, 0.25) is 6.79 Å². The van der Waals surface area contributed by atoms with Crippen molar-refractivity contribution >= 4 is 29.3 Å². The molecular weight excluding hydrogens is 272 g/mol. The summed E-state index contributed by atoms with van der Waals surface area (Å²) in [5, 5.41) is 0.647. The van der Waals surface area contributed by atoms with Crippen LogP contribution in [0, 0.1) is 5.41 Å². The van der Waals surface area contributed by atoms with Gasteiger partial charge in [-0.25, -0.2) is 0 Å². The number of aliphatic imine (C=N–C) groups is 1. The van der Waals surface area contributed by atoms with E-state index >= 15 is 0 Å². The minimum atomic E-state index is 0. The molecule has 18 heavy (non-hydrogen) atoms. The van der Waals surface area contributed by atoms with E-state index in [1.165, 1.54) is 11.8 Å². The maximum absolute atomic E-state index is 5.66. The number of nitrogens with two attached hydrogens (primary N) is 1. The van der Waals surface area contributed by atoms with E-state index in [-0.39, 0.29) is 17.8 Å². The van der Waals surface area contributed by atoms with Crippen molar-refractivity contribution < 1.29 is 9.47 Å². The molecule has 6 heteroatoms. The highest BCUT2D eigenvalue weighted by Crippen LogP contribution is 2.39. The Morgan fingerprint density at radius 2 is 2.33 bits per heavy atom. The summed E-state index contributed by atoms with van der Waals surface area (Å²) in [6.07, 6.45) is 7.97. The van der Waals surface area contributed by atoms with Gasteiger partial charge >= 0.3 is 0 Å². The molecule has 1 aliphatic heterocycles. The smallest absolute Gasteiger partial charge is 0.230 e. The van der Waals surface area contributed by atoms with Crippen molar-refractivity contribution in [2.24, 2.45) is 16.1 Å². The molecule has 0 bridgehead atoms. The average Bonchev–Trinajstić information content (AvgIpc) is 2.75. The largest absolute Gasteiger partial charge is 0.458 e. The van der Waals surface area contributed by atoms with Gasteiger partial charge < -0.3 is 15.2 Å². The fraction of sp³-hybridized carbons (Fsp3) is 0.583. The molecule has 2 aliphatic rings. The van der Waals surface area contributed by atoms with Crippen LogP contribution in [-0.4, -0.2) is 24.8 Å². The van der Waals surface area contributed by atoms with Gasteiger partial charge in [-0.2, -0.15) is 0 Å². The van der Waals surface area contributed by atoms with E-state index in [1.54, 1.807) is 0 Å². The van der Waals surface area contributed by atoms with Gasteiger partial charge in [-0.1, -0.05) is 24.8 Å². The number of halogens is 1. The summed E-state index contributed by atoms with van der Waals surface area (Å²) < 4.78 is 10.8. The van der Waals surface area contributed by atoms with Gasteiger partial charge in [0.1, 0.15) is 5.76 Å². The summed E-state index contributed by atoms with van der Waals surface area (Å²) >= 11 is 1.48. The first kappa shape index (κ1) is 15.2. The van der Waals surface area contributed by atoms with E-state index < -0.39 is 0 Å². The van der Waals surface area contributed by atoms with Gasteiger partial charge in [0, 0.05) is 13.0 Å². The Labute approximate surface area is 118 Å². The topological polar surface area (TPSA) is 56.8 Å². The predicted molar refractivity (Wildman–Crippen MR) is 77.8 cm³/mol. The zero-order valence-corrected chi connectivity index (χ0v) is 12.3. The molecule has 0 fully saturated rings. The van der Waals surface area contributed by atoms with Crippen LogP contribution in [0.25, 0.3) is 0 Å². The van der Waals surface area contributed by atoms with Gasteiger partial charge in [0.15, 0.2) is 10.9 Å². The quantitative estimate of drug-likeness (QED) is 0.641. The molecule has 1 unspecified atom stereocenters. The summed E-state index contributed by atoms with van der Waals surface area (Å²) in [5.41, 5.74) is 5.75. The first-order chi connectivity index (χ1) is 8.13. The molecule has 2 rings (SSSR count). The number of rotatable bonds is 3. The molecule has 1 atom stereocenters. The highest BCUT2D eigenvalue weighted by Gasteiger charge is 2.31. The van der Waals surface area contributed by atoms with E-state index in [9.17, 15) is 0 Å². The minimum Gasteiger partial charge on any atom is -0.458 e. The first-order valence-electron chi connectivity index (χ1n) is 5.65. The van der Waals surface area contributed by atoms with Gasteiger partial charge in [0.05, 0.1) is 0 Å². The molecule has 4 nitrogen and oxygen atoms in total. The van der Waals surface area contributed by atoms with Gasteiger partial charge in [-0.05, 0) is 24.2 Å². The zero-order valence-electron chi connectivity index (χ0n) is 10.6. The van der Waals surface area contributed by atoms with Crippen molar-refractivity contribution in [1.29, 1.82) is 0 Å². The fourth-order valence-corrected chi connectivity index (χ4v) is 2.18. The molecule has 0 spiro atoms. The normalized spacial score (nSPS) is 26.2. The Balaban J connectivity index is 0.00000162. The monoisotopic (exact) mass is 290 g/mol. The van der Waals surface area contributed by atoms with Gasteiger partial charge in [0.25, 0.3) is 0 Å². The van der Waals surface area contributed by atoms with Crippen molar-refractivity contribution in [3.63, 3.8) is 0 Å². The number of allylic oxidation sites excluding steroid dienone is 3. The lowest BCUT2D eigenvalue weighted by molar-refractivity contribution is 0.0697. The fourth-order valence-electron chi connectivity index (χ4n) is 1.96. The Morgan fingerprint density at radius 1 is 1.56 bits per heavy atom. The van der Waals surface area contributed by atoms with Crippen LogP contribution < -0.4 is 5.73 Å². The highest BCUT2D eigenvalue weighted by atomic mass is 35.5. The molecule has 1 aliphatic carbocycles. The van der Waals surface area contributed by atoms with Crippen molar-refractivity contribution in [3.05, 3.63) is 23.7 Å². The van der Waals surface area contributed by atoms with Crippen LogP contribution in [0.3, 0.4) is 0 Å². The number of amidine groups is 1. The maximum atomic E-state index is 5.66. The third kappa shape index (κ3) is 3.59. The Bertz CT molecular complexity index is 396. The third-order valence-corrected chi connectivity index (χ3v) is 3.63. The summed E-state index contributed by atoms with van der Waals surface area (Å²) in [4.78, 5) is 4.30. The summed E-state index contributed by atoms with van der Waals surface area (Å²) in [6.45, 7) is 3.30. The number of hydrogen-bond donors (Lipinski definition) is 1. The summed E-state index contributed by atoms with van der Waals surface area (Å²) in [7, 11) is 0. The molecule has 0 saturated carbocycles. The standard InChI is InChI=1S/C12H18N2O2S.ClH/c1-12(5-6-14-11(13)17-2)4-3-9-10(7-12)16-8-15-9;/h3-4H,5-8H2,1-2H3,(H2,13,14);1H. The minimum absolute atomic E-state index is 0. The Hall–Kier alpha value is -0.810. The van der Waals surface area contributed by atoms with Crippen molar-refractivity contribution in [2.75, 3.05) is 19.6 Å². The van der Waals surface area contributed by atoms with Crippen LogP contribution in [0.2, 0.25) is 0 Å². The zero-order chi connectivity index (χ0) is 12.3. The van der Waals surface area contributed by atoms with Crippen LogP contribution in [0.5, 0.6) is 0 Å². The molecule has 0 amide bonds. The lowest BCUT2D eigenvalue weighted by Crippen LogP contribution is -2.19. The van der Waals surface area contributed by atoms with Gasteiger partial charge in [-0.15, -0.1) is 12.4 Å². The van der Waals surface area contributed by atoms with E-state index in [4.69, 9.17) is 15.2 Å². The van der Waals surface area contributed by atoms with Crippen LogP contribution in [0.15, 0.2) is 28.7 Å². The highest BCUT2D eigenvalue weighted by molar-refractivity contribution is 8.13. The second-order valence-corrected chi connectivity index (χ2v) is 5.36. The Kier molecular flexibility index (Phi) is 5.41. The maximum Gasteiger partial charge on any atom is 0.230 e. The van der Waals surface area contributed by atoms with E-state index in [0.717, 1.165) is 30.9 Å². The van der Waals surface area contributed by atoms with Gasteiger partial charge in [-0.3, -0.25) is 4.99 Å². The van der Waals surface area contributed by atoms with Crippen LogP contribution in [0.4, 0.5) is 0 Å². The molecule has 0 aromatic carbocycles. The number of thioether (sulfide) groups is 1. The van der Waals surface area contributed by atoms with E-state index in [0.29, 0.717) is 12.0 Å². The van der Waals surface area contributed by atoms with Crippen molar-refractivity contribution in [1.82, 2.24) is 0 Å². The molecule has 1 heterocycles. The number of hydrogen-bond acceptors (Lipinski definition) is 4. The molecule has 0 aromatic heterocycles. The Morgan fingerprint density at radius 3 is 3.06 bits per heavy atom. The van der Waals surface area contributed by atoms with Crippen LogP contribution >= 0.6 is 24.2 Å². The average molecular weight is 291 g/mol. The van der Waals surface area contributed by atoms with E-state index in [1.807, 2.05) is 12.3 Å². The third-order valence-electron chi connectivity index (χ3n) is 3.08. The predicted octanol–water partition coefficient (Wildman–Crippen LogP) is 2.66. The van der Waals surface area contributed by atoms with Crippen LogP contribution in [0.1, 0.15) is 19.8 Å². The molecule has 0 radical (unpaired) electrons. The second kappa shape index (κ2) is 6.38. The molecule has 2 N–H and O–H groups in total. The van der Waals surface area contributed by atoms with Crippen molar-refractivity contribution in [3.8, 4) is 0 Å². The van der Waals surface area contributed by atoms with Crippen LogP contribution in [-0.2, 0) is 9.47 Å². The SMILES string of the molecule is CSC(N)=NCCC1(C)C=CC2=C(C1)OCO2.Cl.